The van der Waals surface area contributed by atoms with E-state index in [1.165, 1.54) is 25.3 Å². The van der Waals surface area contributed by atoms with E-state index in [1.54, 1.807) is 0 Å². The maximum Gasteiger partial charge on any atom is 0.255 e. The summed E-state index contributed by atoms with van der Waals surface area (Å²) >= 11 is 0. The van der Waals surface area contributed by atoms with Gasteiger partial charge >= 0.3 is 0 Å². The number of hydrogen-bond acceptors (Lipinski definition) is 3. The summed E-state index contributed by atoms with van der Waals surface area (Å²) in [6.07, 6.45) is 0. The van der Waals surface area contributed by atoms with Crippen molar-refractivity contribution in [1.82, 2.24) is 5.32 Å². The van der Waals surface area contributed by atoms with Gasteiger partial charge in [0.05, 0.1) is 12.7 Å². The van der Waals surface area contributed by atoms with E-state index in [-0.39, 0.29) is 23.4 Å². The molecule has 0 aliphatic carbocycles. The van der Waals surface area contributed by atoms with Gasteiger partial charge in [-0.2, -0.15) is 0 Å². The van der Waals surface area contributed by atoms with Crippen LogP contribution in [-0.2, 0) is 6.54 Å². The summed E-state index contributed by atoms with van der Waals surface area (Å²) < 4.78 is 31.3. The number of ether oxygens (including phenoxy) is 1. The molecule has 110 valence electrons. The number of nitrogens with one attached hydrogen (secondary N) is 1. The Labute approximate surface area is 120 Å². The maximum atomic E-state index is 13.4. The lowest BCUT2D eigenvalue weighted by atomic mass is 10.1. The number of methoxy groups -OCH3 is 1. The third-order valence-electron chi connectivity index (χ3n) is 2.90. The highest BCUT2D eigenvalue weighted by Gasteiger charge is 2.13. The van der Waals surface area contributed by atoms with Gasteiger partial charge in [-0.15, -0.1) is 0 Å². The largest absolute Gasteiger partial charge is 0.507 e. The Hall–Kier alpha value is -2.63. The Kier molecular flexibility index (Phi) is 4.37. The summed E-state index contributed by atoms with van der Waals surface area (Å²) in [5.41, 5.74) is 0.0453. The fourth-order valence-electron chi connectivity index (χ4n) is 1.78. The Bertz CT molecular complexity index is 674. The molecular weight excluding hydrogens is 280 g/mol. The first-order valence-electron chi connectivity index (χ1n) is 6.10. The molecule has 21 heavy (non-hydrogen) atoms. The molecule has 0 unspecified atom stereocenters. The van der Waals surface area contributed by atoms with E-state index in [0.717, 1.165) is 18.2 Å². The van der Waals surface area contributed by atoms with Crippen molar-refractivity contribution in [3.63, 3.8) is 0 Å². The van der Waals surface area contributed by atoms with Gasteiger partial charge in [-0.05, 0) is 30.3 Å². The molecule has 0 atom stereocenters. The number of benzene rings is 2. The fraction of sp³-hybridized carbons (Fsp3) is 0.133. The topological polar surface area (TPSA) is 58.6 Å². The van der Waals surface area contributed by atoms with E-state index in [9.17, 15) is 18.7 Å². The molecule has 2 rings (SSSR count). The summed E-state index contributed by atoms with van der Waals surface area (Å²) in [4.78, 5) is 11.9. The minimum absolute atomic E-state index is 0.0209. The number of hydrogen-bond donors (Lipinski definition) is 2. The van der Waals surface area contributed by atoms with Crippen molar-refractivity contribution in [2.24, 2.45) is 0 Å². The molecule has 4 nitrogen and oxygen atoms in total. The fourth-order valence-corrected chi connectivity index (χ4v) is 1.78. The van der Waals surface area contributed by atoms with Crippen LogP contribution in [0.1, 0.15) is 15.9 Å². The van der Waals surface area contributed by atoms with Gasteiger partial charge < -0.3 is 15.2 Å². The van der Waals surface area contributed by atoms with Gasteiger partial charge in [-0.3, -0.25) is 4.79 Å². The third kappa shape index (κ3) is 3.47. The molecule has 0 aromatic heterocycles. The van der Waals surface area contributed by atoms with Crippen LogP contribution in [-0.4, -0.2) is 18.1 Å². The molecule has 2 aromatic rings. The molecule has 0 saturated carbocycles. The second-order valence-corrected chi connectivity index (χ2v) is 4.30. The summed E-state index contributed by atoms with van der Waals surface area (Å²) in [5.74, 6) is -1.66. The van der Waals surface area contributed by atoms with Gasteiger partial charge in [0.2, 0.25) is 0 Å². The zero-order valence-corrected chi connectivity index (χ0v) is 11.2. The number of aromatic hydroxyl groups is 1. The summed E-state index contributed by atoms with van der Waals surface area (Å²) in [6.45, 7) is -0.187. The van der Waals surface area contributed by atoms with Crippen LogP contribution in [0, 0.1) is 11.6 Å². The first-order valence-corrected chi connectivity index (χ1v) is 6.10. The average Bonchev–Trinajstić information content (AvgIpc) is 2.47. The quantitative estimate of drug-likeness (QED) is 0.911. The first kappa shape index (κ1) is 14.8. The van der Waals surface area contributed by atoms with E-state index < -0.39 is 17.5 Å². The van der Waals surface area contributed by atoms with Crippen LogP contribution in [0.2, 0.25) is 0 Å². The molecule has 2 N–H and O–H groups in total. The normalized spacial score (nSPS) is 10.2. The van der Waals surface area contributed by atoms with Crippen molar-refractivity contribution in [2.45, 2.75) is 6.54 Å². The van der Waals surface area contributed by atoms with Crippen LogP contribution >= 0.6 is 0 Å². The highest BCUT2D eigenvalue weighted by Crippen LogP contribution is 2.23. The smallest absolute Gasteiger partial charge is 0.255 e. The first-order chi connectivity index (χ1) is 10.0. The van der Waals surface area contributed by atoms with Crippen molar-refractivity contribution in [3.8, 4) is 11.5 Å². The average molecular weight is 293 g/mol. The van der Waals surface area contributed by atoms with E-state index >= 15 is 0 Å². The predicted molar refractivity (Wildman–Crippen MR) is 72.2 cm³/mol. The molecule has 0 bridgehead atoms. The Morgan fingerprint density at radius 1 is 1.24 bits per heavy atom. The number of amides is 1. The number of carbonyl (C=O) groups excluding carboxylic acids is 1. The van der Waals surface area contributed by atoms with E-state index in [1.807, 2.05) is 0 Å². The lowest BCUT2D eigenvalue weighted by Gasteiger charge is -2.09. The van der Waals surface area contributed by atoms with Gasteiger partial charge in [0.25, 0.3) is 5.91 Å². The predicted octanol–water partition coefficient (Wildman–Crippen LogP) is 2.61. The van der Waals surface area contributed by atoms with Gasteiger partial charge in [0, 0.05) is 18.2 Å². The SMILES string of the molecule is COc1ccc(C(=O)NCc2cc(F)ccc2F)c(O)c1. The van der Waals surface area contributed by atoms with E-state index in [2.05, 4.69) is 5.32 Å². The van der Waals surface area contributed by atoms with Crippen molar-refractivity contribution in [1.29, 1.82) is 0 Å². The molecule has 1 amide bonds. The number of phenolic OH excluding ortho intramolecular Hbond substituents is 1. The van der Waals surface area contributed by atoms with Crippen LogP contribution < -0.4 is 10.1 Å². The second-order valence-electron chi connectivity index (χ2n) is 4.30. The van der Waals surface area contributed by atoms with Gasteiger partial charge in [0.1, 0.15) is 23.1 Å². The number of carbonyl (C=O) groups is 1. The number of phenols is 1. The lowest BCUT2D eigenvalue weighted by molar-refractivity contribution is 0.0948. The minimum Gasteiger partial charge on any atom is -0.507 e. The number of halogens is 2. The van der Waals surface area contributed by atoms with E-state index in [0.29, 0.717) is 5.75 Å². The Morgan fingerprint density at radius 2 is 2.00 bits per heavy atom. The molecule has 2 aromatic carbocycles. The number of rotatable bonds is 4. The van der Waals surface area contributed by atoms with Crippen molar-refractivity contribution < 1.29 is 23.4 Å². The van der Waals surface area contributed by atoms with Crippen LogP contribution in [0.3, 0.4) is 0 Å². The molecule has 0 aliphatic heterocycles. The van der Waals surface area contributed by atoms with Gasteiger partial charge in [-0.1, -0.05) is 0 Å². The monoisotopic (exact) mass is 293 g/mol. The Morgan fingerprint density at radius 3 is 2.67 bits per heavy atom. The van der Waals surface area contributed by atoms with Crippen molar-refractivity contribution in [3.05, 3.63) is 59.2 Å². The highest BCUT2D eigenvalue weighted by molar-refractivity contribution is 5.96. The molecule has 0 spiro atoms. The summed E-state index contributed by atoms with van der Waals surface area (Å²) in [5, 5.41) is 12.1. The lowest BCUT2D eigenvalue weighted by Crippen LogP contribution is -2.23. The zero-order valence-electron chi connectivity index (χ0n) is 11.2. The maximum absolute atomic E-state index is 13.4. The summed E-state index contributed by atoms with van der Waals surface area (Å²) in [7, 11) is 1.43. The second kappa shape index (κ2) is 6.21. The molecular formula is C15H13F2NO3. The standard InChI is InChI=1S/C15H13F2NO3/c1-21-11-3-4-12(14(19)7-11)15(20)18-8-9-6-10(16)2-5-13(9)17/h2-7,19H,8H2,1H3,(H,18,20). The van der Waals surface area contributed by atoms with Crippen LogP contribution in [0.15, 0.2) is 36.4 Å². The molecule has 0 fully saturated rings. The van der Waals surface area contributed by atoms with Gasteiger partial charge in [-0.25, -0.2) is 8.78 Å². The molecule has 0 radical (unpaired) electrons. The van der Waals surface area contributed by atoms with Gasteiger partial charge in [0.15, 0.2) is 0 Å². The third-order valence-corrected chi connectivity index (χ3v) is 2.90. The molecule has 0 aliphatic rings. The summed E-state index contributed by atoms with van der Waals surface area (Å²) in [6, 6.07) is 7.17. The Balaban J connectivity index is 2.10. The van der Waals surface area contributed by atoms with Crippen molar-refractivity contribution >= 4 is 5.91 Å². The van der Waals surface area contributed by atoms with Crippen LogP contribution in [0.4, 0.5) is 8.78 Å². The van der Waals surface area contributed by atoms with Crippen LogP contribution in [0.25, 0.3) is 0 Å². The molecule has 6 heteroatoms. The highest BCUT2D eigenvalue weighted by atomic mass is 19.1. The molecule has 0 heterocycles. The van der Waals surface area contributed by atoms with Crippen molar-refractivity contribution in [2.75, 3.05) is 7.11 Å². The zero-order chi connectivity index (χ0) is 15.4. The van der Waals surface area contributed by atoms with Crippen LogP contribution in [0.5, 0.6) is 11.5 Å². The van der Waals surface area contributed by atoms with E-state index in [4.69, 9.17) is 4.74 Å². The molecule has 0 saturated heterocycles. The minimum atomic E-state index is -0.615.